The zero-order valence-electron chi connectivity index (χ0n) is 10.4. The lowest BCUT2D eigenvalue weighted by Crippen LogP contribution is -2.07. The lowest BCUT2D eigenvalue weighted by Gasteiger charge is -2.12. The summed E-state index contributed by atoms with van der Waals surface area (Å²) in [4.78, 5) is 3.95. The van der Waals surface area contributed by atoms with Crippen molar-refractivity contribution in [3.63, 3.8) is 0 Å². The van der Waals surface area contributed by atoms with Crippen molar-refractivity contribution in [2.24, 2.45) is 0 Å². The van der Waals surface area contributed by atoms with E-state index in [4.69, 9.17) is 11.6 Å². The Kier molecular flexibility index (Phi) is 3.14. The predicted molar refractivity (Wildman–Crippen MR) is 76.9 cm³/mol. The van der Waals surface area contributed by atoms with Gasteiger partial charge in [-0.25, -0.2) is 4.98 Å². The maximum absolute atomic E-state index is 13.4. The molecular formula is C16H10ClF2N. The molecule has 0 fully saturated rings. The predicted octanol–water partition coefficient (Wildman–Crippen LogP) is 5.19. The first-order chi connectivity index (χ1) is 9.55. The molecule has 0 radical (unpaired) electrons. The number of nitrogens with zero attached hydrogens (tertiary/aromatic N) is 1. The number of hydrogen-bond acceptors (Lipinski definition) is 1. The van der Waals surface area contributed by atoms with Crippen molar-refractivity contribution in [3.8, 4) is 11.1 Å². The van der Waals surface area contributed by atoms with Gasteiger partial charge in [-0.05, 0) is 34.9 Å². The van der Waals surface area contributed by atoms with Crippen LogP contribution >= 0.6 is 11.6 Å². The van der Waals surface area contributed by atoms with E-state index in [0.29, 0.717) is 11.1 Å². The molecule has 0 atom stereocenters. The monoisotopic (exact) mass is 289 g/mol. The van der Waals surface area contributed by atoms with E-state index in [1.165, 1.54) is 6.07 Å². The number of aromatic nitrogens is 1. The van der Waals surface area contributed by atoms with E-state index in [9.17, 15) is 8.78 Å². The Balaban J connectivity index is 2.34. The Morgan fingerprint density at radius 3 is 2.25 bits per heavy atom. The molecule has 0 amide bonds. The lowest BCUT2D eigenvalue weighted by molar-refractivity contribution is 0.0904. The Morgan fingerprint density at radius 2 is 1.55 bits per heavy atom. The topological polar surface area (TPSA) is 12.9 Å². The van der Waals surface area contributed by atoms with Crippen LogP contribution in [-0.2, 0) is 5.38 Å². The van der Waals surface area contributed by atoms with Gasteiger partial charge in [0.15, 0.2) is 0 Å². The van der Waals surface area contributed by atoms with Crippen LogP contribution < -0.4 is 0 Å². The number of hydrogen-bond donors (Lipinski definition) is 0. The summed E-state index contributed by atoms with van der Waals surface area (Å²) in [7, 11) is 0. The van der Waals surface area contributed by atoms with E-state index in [2.05, 4.69) is 4.98 Å². The molecule has 0 spiro atoms. The molecule has 100 valence electrons. The third-order valence-corrected chi connectivity index (χ3v) is 3.29. The molecule has 0 N–H and O–H groups in total. The van der Waals surface area contributed by atoms with Crippen LogP contribution in [0.4, 0.5) is 8.78 Å². The van der Waals surface area contributed by atoms with Crippen LogP contribution in [0.2, 0.25) is 0 Å². The molecular weight excluding hydrogens is 280 g/mol. The first kappa shape index (κ1) is 13.0. The first-order valence-corrected chi connectivity index (χ1v) is 6.46. The highest BCUT2D eigenvalue weighted by atomic mass is 35.5. The summed E-state index contributed by atoms with van der Waals surface area (Å²) < 4.78 is 26.8. The van der Waals surface area contributed by atoms with Gasteiger partial charge in [0.2, 0.25) is 0 Å². The highest BCUT2D eigenvalue weighted by molar-refractivity contribution is 6.21. The summed E-state index contributed by atoms with van der Waals surface area (Å²) in [5, 5.41) is -2.66. The van der Waals surface area contributed by atoms with Crippen molar-refractivity contribution >= 4 is 22.5 Å². The Morgan fingerprint density at radius 1 is 0.900 bits per heavy atom. The summed E-state index contributed by atoms with van der Waals surface area (Å²) in [6, 6.07) is 17.9. The fraction of sp³-hybridized carbons (Fsp3) is 0.0625. The van der Waals surface area contributed by atoms with Gasteiger partial charge in [-0.3, -0.25) is 0 Å². The van der Waals surface area contributed by atoms with Crippen LogP contribution in [0.25, 0.3) is 22.0 Å². The van der Waals surface area contributed by atoms with Gasteiger partial charge >= 0.3 is 5.38 Å². The van der Waals surface area contributed by atoms with E-state index in [1.807, 2.05) is 42.5 Å². The molecule has 3 aromatic rings. The molecule has 1 nitrogen and oxygen atoms in total. The highest BCUT2D eigenvalue weighted by Gasteiger charge is 2.30. The second-order valence-corrected chi connectivity index (χ2v) is 4.91. The Bertz CT molecular complexity index is 751. The minimum atomic E-state index is -3.48. The maximum atomic E-state index is 13.4. The molecule has 0 saturated carbocycles. The zero-order chi connectivity index (χ0) is 14.2. The van der Waals surface area contributed by atoms with E-state index in [-0.39, 0.29) is 0 Å². The normalized spacial score (nSPS) is 11.8. The minimum Gasteiger partial charge on any atom is -0.245 e. The summed E-state index contributed by atoms with van der Waals surface area (Å²) >= 11 is 5.12. The number of pyridine rings is 1. The lowest BCUT2D eigenvalue weighted by atomic mass is 10.0. The van der Waals surface area contributed by atoms with Crippen molar-refractivity contribution in [2.75, 3.05) is 0 Å². The molecule has 0 unspecified atom stereocenters. The molecule has 0 bridgehead atoms. The van der Waals surface area contributed by atoms with Crippen LogP contribution in [0.1, 0.15) is 5.69 Å². The maximum Gasteiger partial charge on any atom is 0.364 e. The van der Waals surface area contributed by atoms with Gasteiger partial charge in [-0.15, -0.1) is 0 Å². The van der Waals surface area contributed by atoms with Crippen molar-refractivity contribution in [2.45, 2.75) is 5.38 Å². The fourth-order valence-electron chi connectivity index (χ4n) is 2.18. The van der Waals surface area contributed by atoms with E-state index in [1.54, 1.807) is 12.1 Å². The number of halogens is 3. The first-order valence-electron chi connectivity index (χ1n) is 6.08. The Labute approximate surface area is 119 Å². The van der Waals surface area contributed by atoms with E-state index >= 15 is 0 Å². The number of alkyl halides is 3. The zero-order valence-corrected chi connectivity index (χ0v) is 11.1. The average Bonchev–Trinajstić information content (AvgIpc) is 2.46. The quantitative estimate of drug-likeness (QED) is 0.592. The molecule has 0 aliphatic rings. The molecule has 0 saturated heterocycles. The van der Waals surface area contributed by atoms with E-state index < -0.39 is 11.1 Å². The van der Waals surface area contributed by atoms with Crippen LogP contribution in [0, 0.1) is 0 Å². The number of fused-ring (bicyclic) bond motifs is 1. The molecule has 2 aromatic carbocycles. The molecule has 0 aliphatic carbocycles. The SMILES string of the molecule is FC(F)(Cl)c1cc(-c2ccccc2)c2ccccc2n1. The van der Waals surface area contributed by atoms with Gasteiger partial charge in [0.05, 0.1) is 5.52 Å². The summed E-state index contributed by atoms with van der Waals surface area (Å²) in [5.41, 5.74) is 1.63. The van der Waals surface area contributed by atoms with Crippen LogP contribution in [0.5, 0.6) is 0 Å². The van der Waals surface area contributed by atoms with Crippen LogP contribution in [0.15, 0.2) is 60.7 Å². The van der Waals surface area contributed by atoms with Crippen LogP contribution in [0.3, 0.4) is 0 Å². The molecule has 1 aromatic heterocycles. The second kappa shape index (κ2) is 4.84. The van der Waals surface area contributed by atoms with Crippen molar-refractivity contribution in [1.29, 1.82) is 0 Å². The smallest absolute Gasteiger partial charge is 0.245 e. The molecule has 20 heavy (non-hydrogen) atoms. The second-order valence-electron chi connectivity index (χ2n) is 4.44. The van der Waals surface area contributed by atoms with Crippen molar-refractivity contribution in [3.05, 3.63) is 66.4 Å². The summed E-state index contributed by atoms with van der Waals surface area (Å²) in [6.45, 7) is 0. The fourth-order valence-corrected chi connectivity index (χ4v) is 2.27. The largest absolute Gasteiger partial charge is 0.364 e. The van der Waals surface area contributed by atoms with Crippen molar-refractivity contribution < 1.29 is 8.78 Å². The molecule has 0 aliphatic heterocycles. The molecule has 1 heterocycles. The average molecular weight is 290 g/mol. The number of rotatable bonds is 2. The molecule has 3 rings (SSSR count). The third-order valence-electron chi connectivity index (χ3n) is 3.09. The number of benzene rings is 2. The number of para-hydroxylation sites is 1. The van der Waals surface area contributed by atoms with Gasteiger partial charge in [-0.1, -0.05) is 48.5 Å². The summed E-state index contributed by atoms with van der Waals surface area (Å²) in [6.07, 6.45) is 0. The van der Waals surface area contributed by atoms with Gasteiger partial charge in [0, 0.05) is 5.39 Å². The van der Waals surface area contributed by atoms with Gasteiger partial charge < -0.3 is 0 Å². The van der Waals surface area contributed by atoms with Crippen LogP contribution in [-0.4, -0.2) is 4.98 Å². The Hall–Kier alpha value is -2.00. The standard InChI is InChI=1S/C16H10ClF2N/c17-16(18,19)15-10-13(11-6-2-1-3-7-11)12-8-4-5-9-14(12)20-15/h1-10H. The van der Waals surface area contributed by atoms with Gasteiger partial charge in [-0.2, -0.15) is 8.78 Å². The van der Waals surface area contributed by atoms with Crippen molar-refractivity contribution in [1.82, 2.24) is 4.98 Å². The highest BCUT2D eigenvalue weighted by Crippen LogP contribution is 2.36. The summed E-state index contributed by atoms with van der Waals surface area (Å²) in [5.74, 6) is 0. The van der Waals surface area contributed by atoms with Gasteiger partial charge in [0.1, 0.15) is 5.69 Å². The van der Waals surface area contributed by atoms with E-state index in [0.717, 1.165) is 10.9 Å². The van der Waals surface area contributed by atoms with Gasteiger partial charge in [0.25, 0.3) is 0 Å². The molecule has 4 heteroatoms. The minimum absolute atomic E-state index is 0.434. The third kappa shape index (κ3) is 2.37.